The van der Waals surface area contributed by atoms with Crippen molar-refractivity contribution in [3.63, 3.8) is 0 Å². The van der Waals surface area contributed by atoms with Gasteiger partial charge in [0.2, 0.25) is 0 Å². The van der Waals surface area contributed by atoms with Crippen molar-refractivity contribution in [1.82, 2.24) is 0 Å². The molecule has 31 heavy (non-hydrogen) atoms. The van der Waals surface area contributed by atoms with E-state index in [1.54, 1.807) is 13.4 Å². The first-order valence-electron chi connectivity index (χ1n) is 10.1. The van der Waals surface area contributed by atoms with E-state index in [4.69, 9.17) is 9.15 Å². The van der Waals surface area contributed by atoms with Gasteiger partial charge in [0.1, 0.15) is 11.3 Å². The van der Waals surface area contributed by atoms with Gasteiger partial charge < -0.3 is 9.15 Å². The fourth-order valence-electron chi connectivity index (χ4n) is 3.69. The number of benzene rings is 4. The van der Waals surface area contributed by atoms with Crippen molar-refractivity contribution in [3.8, 4) is 39.8 Å². The molecule has 1 aromatic heterocycles. The Hall–Kier alpha value is -4.22. The molecule has 0 N–H and O–H groups in total. The molecule has 2 heteroatoms. The third-order valence-corrected chi connectivity index (χ3v) is 5.33. The van der Waals surface area contributed by atoms with E-state index in [-0.39, 0.29) is 0 Å². The smallest absolute Gasteiger partial charge is 0.138 e. The minimum atomic E-state index is 0.778. The second-order valence-electron chi connectivity index (χ2n) is 7.25. The molecule has 0 aliphatic rings. The zero-order chi connectivity index (χ0) is 21.0. The number of furan rings is 1. The van der Waals surface area contributed by atoms with Crippen molar-refractivity contribution in [2.45, 2.75) is 0 Å². The van der Waals surface area contributed by atoms with E-state index in [2.05, 4.69) is 66.4 Å². The lowest BCUT2D eigenvalue weighted by Gasteiger charge is -2.03. The van der Waals surface area contributed by atoms with Crippen molar-refractivity contribution >= 4 is 11.0 Å². The van der Waals surface area contributed by atoms with Crippen LogP contribution in [0.15, 0.2) is 108 Å². The Bertz CT molecular complexity index is 1400. The zero-order valence-electron chi connectivity index (χ0n) is 17.1. The van der Waals surface area contributed by atoms with Gasteiger partial charge in [-0.25, -0.2) is 0 Å². The van der Waals surface area contributed by atoms with Crippen LogP contribution in [-0.4, -0.2) is 7.11 Å². The fraction of sp³-hybridized carbons (Fsp3) is 0.0345. The van der Waals surface area contributed by atoms with Gasteiger partial charge in [0, 0.05) is 33.7 Å². The molecular formula is C29H20O2. The summed E-state index contributed by atoms with van der Waals surface area (Å²) < 4.78 is 11.1. The molecule has 0 amide bonds. The molecule has 148 valence electrons. The van der Waals surface area contributed by atoms with Gasteiger partial charge in [-0.3, -0.25) is 0 Å². The predicted molar refractivity (Wildman–Crippen MR) is 126 cm³/mol. The monoisotopic (exact) mass is 400 g/mol. The lowest BCUT2D eigenvalue weighted by Crippen LogP contribution is -1.84. The molecule has 0 saturated carbocycles. The number of fused-ring (bicyclic) bond motifs is 1. The molecule has 0 aliphatic carbocycles. The molecule has 0 unspecified atom stereocenters. The minimum absolute atomic E-state index is 0.778. The van der Waals surface area contributed by atoms with Crippen molar-refractivity contribution in [3.05, 3.63) is 114 Å². The summed E-state index contributed by atoms with van der Waals surface area (Å²) >= 11 is 0. The Morgan fingerprint density at radius 2 is 1.42 bits per heavy atom. The first-order valence-corrected chi connectivity index (χ1v) is 10.1. The van der Waals surface area contributed by atoms with Crippen LogP contribution in [0, 0.1) is 11.8 Å². The van der Waals surface area contributed by atoms with Crippen LogP contribution < -0.4 is 4.74 Å². The molecule has 0 radical (unpaired) electrons. The van der Waals surface area contributed by atoms with E-state index in [0.29, 0.717) is 0 Å². The highest BCUT2D eigenvalue weighted by Crippen LogP contribution is 2.34. The molecule has 0 fully saturated rings. The quantitative estimate of drug-likeness (QED) is 0.299. The lowest BCUT2D eigenvalue weighted by molar-refractivity contribution is 0.414. The van der Waals surface area contributed by atoms with Crippen LogP contribution in [0.1, 0.15) is 11.1 Å². The van der Waals surface area contributed by atoms with Gasteiger partial charge >= 0.3 is 0 Å². The molecule has 2 nitrogen and oxygen atoms in total. The minimum Gasteiger partial charge on any atom is -0.497 e. The van der Waals surface area contributed by atoms with Gasteiger partial charge in [-0.15, -0.1) is 0 Å². The Labute approximate surface area is 181 Å². The number of hydrogen-bond acceptors (Lipinski definition) is 2. The van der Waals surface area contributed by atoms with E-state index in [1.165, 1.54) is 11.1 Å². The average Bonchev–Trinajstić information content (AvgIpc) is 3.27. The summed E-state index contributed by atoms with van der Waals surface area (Å²) in [6.07, 6.45) is 1.79. The van der Waals surface area contributed by atoms with Gasteiger partial charge in [-0.2, -0.15) is 0 Å². The summed E-state index contributed by atoms with van der Waals surface area (Å²) in [7, 11) is 1.66. The van der Waals surface area contributed by atoms with Gasteiger partial charge in [0.15, 0.2) is 0 Å². The predicted octanol–water partition coefficient (Wildman–Crippen LogP) is 7.18. The molecule has 0 atom stereocenters. The van der Waals surface area contributed by atoms with Crippen LogP contribution in [-0.2, 0) is 0 Å². The Morgan fingerprint density at radius 3 is 2.23 bits per heavy atom. The van der Waals surface area contributed by atoms with Gasteiger partial charge in [-0.1, -0.05) is 72.5 Å². The zero-order valence-corrected chi connectivity index (χ0v) is 17.1. The molecule has 5 aromatic rings. The SMILES string of the molecule is COc1ccc2c(-c3ccccc3C#Cc3ccc(-c4ccccc4)cc3)coc2c1. The van der Waals surface area contributed by atoms with Crippen LogP contribution in [0.4, 0.5) is 0 Å². The van der Waals surface area contributed by atoms with Crippen LogP contribution in [0.2, 0.25) is 0 Å². The van der Waals surface area contributed by atoms with E-state index in [0.717, 1.165) is 39.0 Å². The normalized spacial score (nSPS) is 10.5. The first-order chi connectivity index (χ1) is 15.3. The van der Waals surface area contributed by atoms with E-state index >= 15 is 0 Å². The summed E-state index contributed by atoms with van der Waals surface area (Å²) in [4.78, 5) is 0. The summed E-state index contributed by atoms with van der Waals surface area (Å²) in [5.74, 6) is 7.43. The van der Waals surface area contributed by atoms with Crippen molar-refractivity contribution in [1.29, 1.82) is 0 Å². The molecule has 0 saturated heterocycles. The van der Waals surface area contributed by atoms with E-state index < -0.39 is 0 Å². The maximum Gasteiger partial charge on any atom is 0.138 e. The Balaban J connectivity index is 1.48. The fourth-order valence-corrected chi connectivity index (χ4v) is 3.69. The highest BCUT2D eigenvalue weighted by Gasteiger charge is 2.11. The topological polar surface area (TPSA) is 22.4 Å². The summed E-state index contributed by atoms with van der Waals surface area (Å²) in [5, 5.41) is 1.04. The van der Waals surface area contributed by atoms with Gasteiger partial charge in [0.05, 0.1) is 13.4 Å². The van der Waals surface area contributed by atoms with Crippen molar-refractivity contribution < 1.29 is 9.15 Å². The van der Waals surface area contributed by atoms with E-state index in [9.17, 15) is 0 Å². The summed E-state index contributed by atoms with van der Waals surface area (Å²) in [5.41, 5.74) is 7.22. The number of rotatable bonds is 3. The second kappa shape index (κ2) is 8.26. The first kappa shape index (κ1) is 18.8. The number of hydrogen-bond donors (Lipinski definition) is 0. The molecule has 0 spiro atoms. The summed E-state index contributed by atoms with van der Waals surface area (Å²) in [6.45, 7) is 0. The number of methoxy groups -OCH3 is 1. The molecule has 0 aliphatic heterocycles. The van der Waals surface area contributed by atoms with Gasteiger partial charge in [0.25, 0.3) is 0 Å². The third-order valence-electron chi connectivity index (χ3n) is 5.33. The molecule has 0 bridgehead atoms. The maximum absolute atomic E-state index is 5.79. The lowest BCUT2D eigenvalue weighted by atomic mass is 9.99. The van der Waals surface area contributed by atoms with Crippen LogP contribution in [0.25, 0.3) is 33.2 Å². The maximum atomic E-state index is 5.79. The Kier molecular flexibility index (Phi) is 5.01. The number of ether oxygens (including phenoxy) is 1. The highest BCUT2D eigenvalue weighted by molar-refractivity contribution is 5.96. The highest BCUT2D eigenvalue weighted by atomic mass is 16.5. The largest absolute Gasteiger partial charge is 0.497 e. The van der Waals surface area contributed by atoms with Crippen LogP contribution in [0.5, 0.6) is 5.75 Å². The van der Waals surface area contributed by atoms with Crippen molar-refractivity contribution in [2.75, 3.05) is 7.11 Å². The molecule has 5 rings (SSSR count). The molecular weight excluding hydrogens is 380 g/mol. The second-order valence-corrected chi connectivity index (χ2v) is 7.25. The average molecular weight is 400 g/mol. The van der Waals surface area contributed by atoms with Crippen LogP contribution >= 0.6 is 0 Å². The molecule has 4 aromatic carbocycles. The van der Waals surface area contributed by atoms with Crippen LogP contribution in [0.3, 0.4) is 0 Å². The van der Waals surface area contributed by atoms with Crippen molar-refractivity contribution in [2.24, 2.45) is 0 Å². The van der Waals surface area contributed by atoms with E-state index in [1.807, 2.05) is 42.5 Å². The van der Waals surface area contributed by atoms with Gasteiger partial charge in [-0.05, 0) is 41.5 Å². The third kappa shape index (κ3) is 3.82. The summed E-state index contributed by atoms with van der Waals surface area (Å²) in [6, 6.07) is 32.8. The molecule has 1 heterocycles. The Morgan fingerprint density at radius 1 is 0.677 bits per heavy atom. The standard InChI is InChI=1S/C29H20O2/c1-30-25-17-18-27-28(20-31-29(27)19-25)26-10-6-5-9-24(26)16-13-21-11-14-23(15-12-21)22-7-3-2-4-8-22/h2-12,14-15,17-20H,1H3.